The normalized spacial score (nSPS) is 14.4. The molecule has 1 aliphatic heterocycles. The Morgan fingerprint density at radius 2 is 1.76 bits per heavy atom. The Morgan fingerprint density at radius 1 is 1.03 bits per heavy atom. The predicted molar refractivity (Wildman–Crippen MR) is 135 cm³/mol. The summed E-state index contributed by atoms with van der Waals surface area (Å²) >= 11 is 0. The van der Waals surface area contributed by atoms with Gasteiger partial charge in [-0.25, -0.2) is 0 Å². The second kappa shape index (κ2) is 11.5. The van der Waals surface area contributed by atoms with Gasteiger partial charge in [0.05, 0.1) is 12.8 Å². The maximum absolute atomic E-state index is 12.3. The molecule has 1 saturated heterocycles. The van der Waals surface area contributed by atoms with Crippen molar-refractivity contribution in [1.82, 2.24) is 15.2 Å². The molecule has 10 heteroatoms. The Labute approximate surface area is 213 Å². The van der Waals surface area contributed by atoms with Crippen LogP contribution in [0, 0.1) is 0 Å². The van der Waals surface area contributed by atoms with Gasteiger partial charge in [-0.1, -0.05) is 0 Å². The Kier molecular flexibility index (Phi) is 8.17. The highest BCUT2D eigenvalue weighted by Crippen LogP contribution is 2.29. The smallest absolute Gasteiger partial charge is 0.405 e. The Hall–Kier alpha value is -3.79. The minimum Gasteiger partial charge on any atom is -0.506 e. The van der Waals surface area contributed by atoms with Crippen molar-refractivity contribution < 1.29 is 27.8 Å². The number of amides is 1. The van der Waals surface area contributed by atoms with Gasteiger partial charge in [0.25, 0.3) is 5.91 Å². The van der Waals surface area contributed by atoms with E-state index in [-0.39, 0.29) is 11.3 Å². The highest BCUT2D eigenvalue weighted by atomic mass is 19.4. The van der Waals surface area contributed by atoms with Gasteiger partial charge in [0.2, 0.25) is 0 Å². The first kappa shape index (κ1) is 26.3. The summed E-state index contributed by atoms with van der Waals surface area (Å²) in [6.45, 7) is 5.03. The van der Waals surface area contributed by atoms with Gasteiger partial charge in [-0.15, -0.1) is 0 Å². The fourth-order valence-electron chi connectivity index (χ4n) is 4.28. The number of pyridine rings is 1. The molecule has 2 N–H and O–H groups in total. The van der Waals surface area contributed by atoms with Gasteiger partial charge < -0.3 is 20.1 Å². The Bertz CT molecular complexity index is 1210. The molecular formula is C27H29F3N4O3. The monoisotopic (exact) mass is 514 g/mol. The summed E-state index contributed by atoms with van der Waals surface area (Å²) in [5, 5.41) is 11.7. The summed E-state index contributed by atoms with van der Waals surface area (Å²) in [6, 6.07) is 14.3. The molecule has 1 aliphatic rings. The number of nitrogens with one attached hydrogen (secondary N) is 1. The van der Waals surface area contributed by atoms with Crippen molar-refractivity contribution in [2.75, 3.05) is 44.2 Å². The third kappa shape index (κ3) is 7.36. The van der Waals surface area contributed by atoms with Crippen LogP contribution in [0.4, 0.5) is 18.9 Å². The minimum atomic E-state index is -4.44. The summed E-state index contributed by atoms with van der Waals surface area (Å²) in [7, 11) is 0. The Morgan fingerprint density at radius 3 is 2.41 bits per heavy atom. The summed E-state index contributed by atoms with van der Waals surface area (Å²) in [5.41, 5.74) is 3.93. The van der Waals surface area contributed by atoms with Crippen molar-refractivity contribution in [3.63, 3.8) is 0 Å². The van der Waals surface area contributed by atoms with Crippen LogP contribution in [0.25, 0.3) is 11.1 Å². The van der Waals surface area contributed by atoms with E-state index in [2.05, 4.69) is 20.9 Å². The zero-order valence-electron chi connectivity index (χ0n) is 20.5. The average molecular weight is 515 g/mol. The van der Waals surface area contributed by atoms with Crippen LogP contribution in [0.1, 0.15) is 22.8 Å². The fraction of sp³-hybridized carbons (Fsp3) is 0.333. The number of alkyl halides is 3. The van der Waals surface area contributed by atoms with Crippen LogP contribution in [-0.4, -0.2) is 66.4 Å². The first-order valence-electron chi connectivity index (χ1n) is 12.0. The molecule has 0 spiro atoms. The first-order chi connectivity index (χ1) is 17.7. The SMILES string of the molecule is CCOc1cc(CN2CCN(c3ccc(C(=O)NCC(F)(F)F)cc3)CC2)cc(-c2cncc(O)c2)c1. The van der Waals surface area contributed by atoms with Crippen LogP contribution in [0.5, 0.6) is 11.5 Å². The van der Waals surface area contributed by atoms with E-state index in [0.29, 0.717) is 6.61 Å². The molecule has 0 unspecified atom stereocenters. The maximum atomic E-state index is 12.3. The number of aromatic nitrogens is 1. The largest absolute Gasteiger partial charge is 0.506 e. The minimum absolute atomic E-state index is 0.104. The van der Waals surface area contributed by atoms with Gasteiger partial charge in [-0.2, -0.15) is 13.2 Å². The van der Waals surface area contributed by atoms with Gasteiger partial charge in [0.15, 0.2) is 0 Å². The molecule has 0 atom stereocenters. The highest BCUT2D eigenvalue weighted by molar-refractivity contribution is 5.94. The first-order valence-corrected chi connectivity index (χ1v) is 12.0. The lowest BCUT2D eigenvalue weighted by molar-refractivity contribution is -0.123. The number of nitrogens with zero attached hydrogens (tertiary/aromatic N) is 3. The van der Waals surface area contributed by atoms with E-state index in [1.54, 1.807) is 36.5 Å². The molecule has 1 amide bonds. The number of ether oxygens (including phenoxy) is 1. The molecule has 3 aromatic rings. The molecule has 1 aromatic heterocycles. The van der Waals surface area contributed by atoms with Gasteiger partial charge in [-0.05, 0) is 66.6 Å². The van der Waals surface area contributed by atoms with Gasteiger partial charge in [0, 0.05) is 55.7 Å². The van der Waals surface area contributed by atoms with Crippen molar-refractivity contribution >= 4 is 11.6 Å². The van der Waals surface area contributed by atoms with Crippen molar-refractivity contribution in [2.45, 2.75) is 19.6 Å². The number of hydrogen-bond donors (Lipinski definition) is 2. The number of halogens is 3. The average Bonchev–Trinajstić information content (AvgIpc) is 2.87. The lowest BCUT2D eigenvalue weighted by Gasteiger charge is -2.36. The molecule has 2 aromatic carbocycles. The summed E-state index contributed by atoms with van der Waals surface area (Å²) in [6.07, 6.45) is -1.34. The van der Waals surface area contributed by atoms with E-state index in [9.17, 15) is 23.1 Å². The molecule has 7 nitrogen and oxygen atoms in total. The molecule has 0 saturated carbocycles. The number of carbonyl (C=O) groups excluding carboxylic acids is 1. The lowest BCUT2D eigenvalue weighted by Crippen LogP contribution is -2.46. The number of aromatic hydroxyl groups is 1. The standard InChI is InChI=1S/C27H29F3N4O3/c1-2-37-25-12-19(11-21(14-25)22-13-24(35)16-31-15-22)17-33-7-9-34(10-8-33)23-5-3-20(4-6-23)26(36)32-18-27(28,29)30/h3-6,11-16,35H,2,7-10,17-18H2,1H3,(H,32,36). The van der Waals surface area contributed by atoms with Crippen LogP contribution < -0.4 is 15.0 Å². The number of anilines is 1. The molecule has 2 heterocycles. The van der Waals surface area contributed by atoms with Crippen LogP contribution in [0.15, 0.2) is 60.9 Å². The van der Waals surface area contributed by atoms with Gasteiger partial charge in [-0.3, -0.25) is 14.7 Å². The van der Waals surface area contributed by atoms with Crippen LogP contribution in [0.3, 0.4) is 0 Å². The number of rotatable bonds is 8. The van der Waals surface area contributed by atoms with E-state index < -0.39 is 18.6 Å². The highest BCUT2D eigenvalue weighted by Gasteiger charge is 2.28. The van der Waals surface area contributed by atoms with E-state index in [1.807, 2.05) is 24.4 Å². The van der Waals surface area contributed by atoms with E-state index in [1.165, 1.54) is 6.20 Å². The van der Waals surface area contributed by atoms with Crippen LogP contribution >= 0.6 is 0 Å². The molecule has 4 rings (SSSR count). The molecule has 0 bridgehead atoms. The van der Waals surface area contributed by atoms with Crippen LogP contribution in [0.2, 0.25) is 0 Å². The quantitative estimate of drug-likeness (QED) is 0.462. The molecular weight excluding hydrogens is 485 g/mol. The predicted octanol–water partition coefficient (Wildman–Crippen LogP) is 4.47. The number of carbonyl (C=O) groups is 1. The maximum Gasteiger partial charge on any atom is 0.405 e. The second-order valence-corrected chi connectivity index (χ2v) is 8.84. The number of benzene rings is 2. The lowest BCUT2D eigenvalue weighted by atomic mass is 10.0. The molecule has 0 aliphatic carbocycles. The molecule has 37 heavy (non-hydrogen) atoms. The summed E-state index contributed by atoms with van der Waals surface area (Å²) < 4.78 is 42.8. The Balaban J connectivity index is 1.37. The third-order valence-electron chi connectivity index (χ3n) is 6.06. The topological polar surface area (TPSA) is 77.9 Å². The number of hydrogen-bond acceptors (Lipinski definition) is 6. The van der Waals surface area contributed by atoms with Crippen molar-refractivity contribution in [2.24, 2.45) is 0 Å². The molecule has 0 radical (unpaired) electrons. The number of piperazine rings is 1. The fourth-order valence-corrected chi connectivity index (χ4v) is 4.28. The van der Waals surface area contributed by atoms with E-state index >= 15 is 0 Å². The van der Waals surface area contributed by atoms with Gasteiger partial charge >= 0.3 is 6.18 Å². The third-order valence-corrected chi connectivity index (χ3v) is 6.06. The van der Waals surface area contributed by atoms with E-state index in [4.69, 9.17) is 4.74 Å². The van der Waals surface area contributed by atoms with Crippen molar-refractivity contribution in [3.8, 4) is 22.6 Å². The van der Waals surface area contributed by atoms with Crippen LogP contribution in [-0.2, 0) is 6.54 Å². The zero-order chi connectivity index (χ0) is 26.4. The summed E-state index contributed by atoms with van der Waals surface area (Å²) in [5.74, 6) is 0.118. The summed E-state index contributed by atoms with van der Waals surface area (Å²) in [4.78, 5) is 20.5. The molecule has 1 fully saturated rings. The van der Waals surface area contributed by atoms with E-state index in [0.717, 1.165) is 60.9 Å². The zero-order valence-corrected chi connectivity index (χ0v) is 20.5. The van der Waals surface area contributed by atoms with Crippen molar-refractivity contribution in [1.29, 1.82) is 0 Å². The van der Waals surface area contributed by atoms with Crippen molar-refractivity contribution in [3.05, 3.63) is 72.1 Å². The van der Waals surface area contributed by atoms with Gasteiger partial charge in [0.1, 0.15) is 18.0 Å². The second-order valence-electron chi connectivity index (χ2n) is 8.84. The molecule has 196 valence electrons.